The average Bonchev–Trinajstić information content (AvgIpc) is 2.55. The third kappa shape index (κ3) is 3.18. The Hall–Kier alpha value is -1.11. The molecule has 1 aromatic rings. The quantitative estimate of drug-likeness (QED) is 0.541. The maximum atomic E-state index is 12.5. The van der Waals surface area contributed by atoms with Crippen LogP contribution >= 0.6 is 0 Å². The maximum absolute atomic E-state index is 12.5. The third-order valence-electron chi connectivity index (χ3n) is 3.73. The summed E-state index contributed by atoms with van der Waals surface area (Å²) < 4.78 is 0. The predicted octanol–water partition coefficient (Wildman–Crippen LogP) is 4.46. The number of carbonyl (C=O) groups is 1. The van der Waals surface area contributed by atoms with Crippen molar-refractivity contribution in [2.45, 2.75) is 52.4 Å². The van der Waals surface area contributed by atoms with E-state index in [1.807, 2.05) is 12.1 Å². The van der Waals surface area contributed by atoms with Crippen molar-refractivity contribution in [2.24, 2.45) is 5.92 Å². The Morgan fingerprint density at radius 2 is 1.47 bits per heavy atom. The van der Waals surface area contributed by atoms with Crippen LogP contribution in [0.5, 0.6) is 0 Å². The Balaban J connectivity index is 2.17. The average molecular weight is 230 g/mol. The van der Waals surface area contributed by atoms with E-state index in [4.69, 9.17) is 0 Å². The molecule has 0 aliphatic heterocycles. The minimum Gasteiger partial charge on any atom is -0.294 e. The summed E-state index contributed by atoms with van der Waals surface area (Å²) in [6, 6.07) is 6.21. The number of Topliss-reactive ketones (excluding diaryl/α,β-unsaturated/α-hetero) is 1. The normalized spacial score (nSPS) is 17.8. The van der Waals surface area contributed by atoms with Gasteiger partial charge in [-0.05, 0) is 38.8 Å². The first kappa shape index (κ1) is 12.3. The van der Waals surface area contributed by atoms with Crippen LogP contribution in [-0.4, -0.2) is 5.78 Å². The number of hydrogen-bond acceptors (Lipinski definition) is 1. The van der Waals surface area contributed by atoms with Crippen LogP contribution < -0.4 is 0 Å². The molecular formula is C16H22O. The number of benzene rings is 1. The van der Waals surface area contributed by atoms with Gasteiger partial charge >= 0.3 is 0 Å². The van der Waals surface area contributed by atoms with Gasteiger partial charge in [0.15, 0.2) is 5.78 Å². The smallest absolute Gasteiger partial charge is 0.165 e. The van der Waals surface area contributed by atoms with Crippen LogP contribution in [0.25, 0.3) is 0 Å². The van der Waals surface area contributed by atoms with Crippen molar-refractivity contribution >= 4 is 5.78 Å². The van der Waals surface area contributed by atoms with Crippen LogP contribution in [0.1, 0.15) is 60.0 Å². The monoisotopic (exact) mass is 230 g/mol. The summed E-state index contributed by atoms with van der Waals surface area (Å²) in [6.45, 7) is 4.13. The van der Waals surface area contributed by atoms with Gasteiger partial charge in [0.25, 0.3) is 0 Å². The first-order valence-electron chi connectivity index (χ1n) is 6.79. The highest BCUT2D eigenvalue weighted by atomic mass is 16.1. The van der Waals surface area contributed by atoms with Crippen LogP contribution in [0.4, 0.5) is 0 Å². The molecule has 92 valence electrons. The van der Waals surface area contributed by atoms with E-state index in [1.165, 1.54) is 36.8 Å². The fourth-order valence-electron chi connectivity index (χ4n) is 2.89. The lowest BCUT2D eigenvalue weighted by Gasteiger charge is -2.13. The van der Waals surface area contributed by atoms with E-state index >= 15 is 0 Å². The second-order valence-electron chi connectivity index (χ2n) is 5.43. The molecule has 0 amide bonds. The van der Waals surface area contributed by atoms with Crippen LogP contribution in [0, 0.1) is 19.8 Å². The number of carbonyl (C=O) groups excluding carboxylic acids is 1. The fraction of sp³-hybridized carbons (Fsp3) is 0.562. The van der Waals surface area contributed by atoms with Gasteiger partial charge in [0, 0.05) is 11.5 Å². The van der Waals surface area contributed by atoms with Crippen LogP contribution in [-0.2, 0) is 0 Å². The molecule has 0 heterocycles. The largest absolute Gasteiger partial charge is 0.294 e. The van der Waals surface area contributed by atoms with Crippen molar-refractivity contribution in [3.05, 3.63) is 34.9 Å². The Bertz CT molecular complexity index is 378. The molecule has 0 unspecified atom stereocenters. The molecule has 1 aliphatic carbocycles. The van der Waals surface area contributed by atoms with Crippen molar-refractivity contribution in [3.8, 4) is 0 Å². The Morgan fingerprint density at radius 1 is 0.941 bits per heavy atom. The van der Waals surface area contributed by atoms with Crippen molar-refractivity contribution in [3.63, 3.8) is 0 Å². The van der Waals surface area contributed by atoms with E-state index in [1.54, 1.807) is 0 Å². The molecule has 0 aromatic heterocycles. The summed E-state index contributed by atoms with van der Waals surface area (Å²) in [5, 5.41) is 0. The number of hydrogen-bond donors (Lipinski definition) is 0. The van der Waals surface area contributed by atoms with E-state index in [0.717, 1.165) is 18.4 Å². The minimum absolute atomic E-state index is 0.277. The summed E-state index contributed by atoms with van der Waals surface area (Å²) in [5.74, 6) is 0.650. The van der Waals surface area contributed by atoms with Crippen molar-refractivity contribution in [1.82, 2.24) is 0 Å². The Morgan fingerprint density at radius 3 is 2.00 bits per heavy atom. The SMILES string of the molecule is Cc1cc(C)cc(C(=O)C2CCCCCC2)c1. The Labute approximate surface area is 104 Å². The molecule has 17 heavy (non-hydrogen) atoms. The molecule has 0 radical (unpaired) electrons. The molecule has 0 bridgehead atoms. The molecule has 1 aliphatic rings. The van der Waals surface area contributed by atoms with E-state index < -0.39 is 0 Å². The van der Waals surface area contributed by atoms with Crippen LogP contribution in [0.2, 0.25) is 0 Å². The number of aryl methyl sites for hydroxylation is 2. The second-order valence-corrected chi connectivity index (χ2v) is 5.43. The first-order valence-corrected chi connectivity index (χ1v) is 6.79. The van der Waals surface area contributed by atoms with Crippen molar-refractivity contribution < 1.29 is 4.79 Å². The standard InChI is InChI=1S/C16H22O/c1-12-9-13(2)11-15(10-12)16(17)14-7-5-3-4-6-8-14/h9-11,14H,3-8H2,1-2H3. The predicted molar refractivity (Wildman–Crippen MR) is 71.4 cm³/mol. The zero-order valence-corrected chi connectivity index (χ0v) is 11.0. The van der Waals surface area contributed by atoms with E-state index in [-0.39, 0.29) is 5.92 Å². The number of rotatable bonds is 2. The molecule has 1 fully saturated rings. The van der Waals surface area contributed by atoms with Crippen LogP contribution in [0.3, 0.4) is 0 Å². The zero-order valence-electron chi connectivity index (χ0n) is 11.0. The van der Waals surface area contributed by atoms with Crippen molar-refractivity contribution in [1.29, 1.82) is 0 Å². The summed E-state index contributed by atoms with van der Waals surface area (Å²) in [5.41, 5.74) is 3.32. The van der Waals surface area contributed by atoms with Crippen molar-refractivity contribution in [2.75, 3.05) is 0 Å². The Kier molecular flexibility index (Phi) is 3.98. The molecule has 2 rings (SSSR count). The van der Waals surface area contributed by atoms with E-state index in [0.29, 0.717) is 5.78 Å². The first-order chi connectivity index (χ1) is 8.16. The van der Waals surface area contributed by atoms with Gasteiger partial charge in [-0.25, -0.2) is 0 Å². The second kappa shape index (κ2) is 5.48. The lowest BCUT2D eigenvalue weighted by molar-refractivity contribution is 0.0907. The van der Waals surface area contributed by atoms with Gasteiger partial charge in [0.2, 0.25) is 0 Å². The van der Waals surface area contributed by atoms with Gasteiger partial charge in [0.05, 0.1) is 0 Å². The highest BCUT2D eigenvalue weighted by Gasteiger charge is 2.21. The third-order valence-corrected chi connectivity index (χ3v) is 3.73. The fourth-order valence-corrected chi connectivity index (χ4v) is 2.89. The van der Waals surface area contributed by atoms with Gasteiger partial charge in [-0.15, -0.1) is 0 Å². The maximum Gasteiger partial charge on any atom is 0.165 e. The van der Waals surface area contributed by atoms with Gasteiger partial charge in [-0.1, -0.05) is 42.9 Å². The van der Waals surface area contributed by atoms with E-state index in [9.17, 15) is 4.79 Å². The molecule has 0 saturated heterocycles. The molecule has 1 aromatic carbocycles. The molecule has 1 saturated carbocycles. The molecule has 1 heteroatoms. The highest BCUT2D eigenvalue weighted by Crippen LogP contribution is 2.26. The minimum atomic E-state index is 0.277. The molecule has 0 N–H and O–H groups in total. The van der Waals surface area contributed by atoms with E-state index in [2.05, 4.69) is 19.9 Å². The van der Waals surface area contributed by atoms with Gasteiger partial charge < -0.3 is 0 Å². The summed E-state index contributed by atoms with van der Waals surface area (Å²) in [4.78, 5) is 12.5. The lowest BCUT2D eigenvalue weighted by atomic mass is 9.90. The zero-order chi connectivity index (χ0) is 12.3. The van der Waals surface area contributed by atoms with Crippen LogP contribution in [0.15, 0.2) is 18.2 Å². The van der Waals surface area contributed by atoms with Gasteiger partial charge in [-0.2, -0.15) is 0 Å². The topological polar surface area (TPSA) is 17.1 Å². The summed E-state index contributed by atoms with van der Waals surface area (Å²) in [7, 11) is 0. The lowest BCUT2D eigenvalue weighted by Crippen LogP contribution is -2.14. The van der Waals surface area contributed by atoms with Gasteiger partial charge in [0.1, 0.15) is 0 Å². The highest BCUT2D eigenvalue weighted by molar-refractivity contribution is 5.98. The van der Waals surface area contributed by atoms with Gasteiger partial charge in [-0.3, -0.25) is 4.79 Å². The molecule has 0 atom stereocenters. The molecular weight excluding hydrogens is 208 g/mol. The molecule has 0 spiro atoms. The molecule has 1 nitrogen and oxygen atoms in total. The number of ketones is 1. The summed E-state index contributed by atoms with van der Waals surface area (Å²) >= 11 is 0. The summed E-state index contributed by atoms with van der Waals surface area (Å²) in [6.07, 6.45) is 7.23.